The molecule has 3 nitrogen and oxygen atoms in total. The molecule has 0 bridgehead atoms. The first kappa shape index (κ1) is 17.8. The van der Waals surface area contributed by atoms with Crippen molar-refractivity contribution in [3.8, 4) is 0 Å². The van der Waals surface area contributed by atoms with Gasteiger partial charge in [0.15, 0.2) is 0 Å². The molecule has 1 fully saturated rings. The van der Waals surface area contributed by atoms with Crippen LogP contribution in [-0.4, -0.2) is 30.4 Å². The number of hydrogen-bond donors (Lipinski definition) is 1. The minimum atomic E-state index is -4.53. The number of allylic oxidation sites excluding steroid dienone is 1. The highest BCUT2D eigenvalue weighted by atomic mass is 35.5. The van der Waals surface area contributed by atoms with Gasteiger partial charge in [-0.15, -0.1) is 12.4 Å². The number of fused-ring (bicyclic) bond motifs is 3. The zero-order valence-electron chi connectivity index (χ0n) is 12.8. The highest BCUT2D eigenvalue weighted by Crippen LogP contribution is 2.43. The largest absolute Gasteiger partial charge is 0.417 e. The van der Waals surface area contributed by atoms with E-state index < -0.39 is 17.6 Å². The summed E-state index contributed by atoms with van der Waals surface area (Å²) >= 11 is 0. The number of alkyl halides is 3. The normalized spacial score (nSPS) is 19.8. The van der Waals surface area contributed by atoms with E-state index in [1.807, 2.05) is 13.8 Å². The Balaban J connectivity index is 0.00000192. The summed E-state index contributed by atoms with van der Waals surface area (Å²) in [6.07, 6.45) is -2.83. The van der Waals surface area contributed by atoms with Gasteiger partial charge in [-0.25, -0.2) is 0 Å². The molecule has 1 N–H and O–H groups in total. The number of benzene rings is 1. The molecule has 0 unspecified atom stereocenters. The first-order valence-electron chi connectivity index (χ1n) is 7.21. The summed E-state index contributed by atoms with van der Waals surface area (Å²) in [5.74, 6) is -0.502. The molecule has 0 radical (unpaired) electrons. The Labute approximate surface area is 139 Å². The second kappa shape index (κ2) is 6.17. The zero-order valence-corrected chi connectivity index (χ0v) is 13.6. The summed E-state index contributed by atoms with van der Waals surface area (Å²) in [6.45, 7) is 5.21. The van der Waals surface area contributed by atoms with Crippen LogP contribution in [0.3, 0.4) is 0 Å². The Morgan fingerprint density at radius 3 is 2.65 bits per heavy atom. The first-order valence-corrected chi connectivity index (χ1v) is 7.21. The van der Waals surface area contributed by atoms with Gasteiger partial charge < -0.3 is 10.2 Å². The summed E-state index contributed by atoms with van der Waals surface area (Å²) in [5, 5.41) is 3.15. The van der Waals surface area contributed by atoms with Crippen molar-refractivity contribution in [3.63, 3.8) is 0 Å². The van der Waals surface area contributed by atoms with Crippen molar-refractivity contribution in [3.05, 3.63) is 40.0 Å². The molecule has 1 saturated heterocycles. The van der Waals surface area contributed by atoms with Crippen LogP contribution in [0.1, 0.15) is 46.9 Å². The number of nitrogens with one attached hydrogen (secondary N) is 1. The third-order valence-corrected chi connectivity index (χ3v) is 4.03. The topological polar surface area (TPSA) is 32.3 Å². The molecule has 1 amide bonds. The lowest BCUT2D eigenvalue weighted by Gasteiger charge is -2.30. The van der Waals surface area contributed by atoms with Gasteiger partial charge in [0.25, 0.3) is 5.91 Å². The number of rotatable bonds is 1. The monoisotopic (exact) mass is 346 g/mol. The second-order valence-corrected chi connectivity index (χ2v) is 5.97. The molecule has 1 aromatic rings. The number of hydrogen-bond acceptors (Lipinski definition) is 2. The fourth-order valence-electron chi connectivity index (χ4n) is 3.20. The van der Waals surface area contributed by atoms with Crippen molar-refractivity contribution in [2.24, 2.45) is 0 Å². The minimum Gasteiger partial charge on any atom is -0.329 e. The van der Waals surface area contributed by atoms with E-state index in [2.05, 4.69) is 5.32 Å². The number of piperazine rings is 1. The number of nitrogens with zero attached hydrogens (tertiary/aromatic N) is 1. The highest BCUT2D eigenvalue weighted by molar-refractivity contribution is 6.01. The fraction of sp³-hybridized carbons (Fsp3) is 0.438. The Hall–Kier alpha value is -1.53. The molecule has 0 spiro atoms. The maximum atomic E-state index is 13.4. The van der Waals surface area contributed by atoms with Crippen molar-refractivity contribution >= 4 is 24.4 Å². The molecule has 1 atom stereocenters. The van der Waals surface area contributed by atoms with E-state index in [0.717, 1.165) is 11.6 Å². The van der Waals surface area contributed by atoms with E-state index in [-0.39, 0.29) is 24.0 Å². The zero-order chi connectivity index (χ0) is 16.1. The van der Waals surface area contributed by atoms with Crippen molar-refractivity contribution in [1.29, 1.82) is 0 Å². The van der Waals surface area contributed by atoms with Crippen LogP contribution in [0.4, 0.5) is 13.2 Å². The quantitative estimate of drug-likeness (QED) is 0.841. The average molecular weight is 347 g/mol. The molecule has 7 heteroatoms. The third kappa shape index (κ3) is 3.10. The van der Waals surface area contributed by atoms with E-state index in [1.165, 1.54) is 0 Å². The molecule has 0 aliphatic carbocycles. The van der Waals surface area contributed by atoms with Gasteiger partial charge in [0.05, 0.1) is 17.2 Å². The second-order valence-electron chi connectivity index (χ2n) is 5.97. The number of carbonyl (C=O) groups is 1. The van der Waals surface area contributed by atoms with E-state index in [0.29, 0.717) is 30.8 Å². The van der Waals surface area contributed by atoms with Crippen molar-refractivity contribution < 1.29 is 18.0 Å². The summed E-state index contributed by atoms with van der Waals surface area (Å²) in [7, 11) is 0. The van der Waals surface area contributed by atoms with Crippen LogP contribution in [0.15, 0.2) is 17.7 Å². The maximum absolute atomic E-state index is 13.4. The van der Waals surface area contributed by atoms with E-state index in [9.17, 15) is 18.0 Å². The molecule has 1 aromatic carbocycles. The standard InChI is InChI=1S/C16H17F3N2O.ClH/c1-9(2)5-10-6-11-13-8-20-3-4-21(13)15(22)14(11)12(7-10)16(17,18)19;/h5-7,13,20H,3-4,8H2,1-2H3;1H/t13-;/m0./s1. The summed E-state index contributed by atoms with van der Waals surface area (Å²) in [6, 6.07) is 2.49. The van der Waals surface area contributed by atoms with Crippen LogP contribution < -0.4 is 5.32 Å². The van der Waals surface area contributed by atoms with Gasteiger partial charge in [-0.2, -0.15) is 13.2 Å². The van der Waals surface area contributed by atoms with Gasteiger partial charge in [0.1, 0.15) is 0 Å². The Morgan fingerprint density at radius 2 is 2.04 bits per heavy atom. The van der Waals surface area contributed by atoms with E-state index in [4.69, 9.17) is 0 Å². The van der Waals surface area contributed by atoms with Crippen molar-refractivity contribution in [1.82, 2.24) is 10.2 Å². The lowest BCUT2D eigenvalue weighted by molar-refractivity contribution is -0.138. The number of amides is 1. The maximum Gasteiger partial charge on any atom is 0.417 e. The van der Waals surface area contributed by atoms with Crippen LogP contribution >= 0.6 is 12.4 Å². The van der Waals surface area contributed by atoms with Crippen molar-refractivity contribution in [2.75, 3.05) is 19.6 Å². The summed E-state index contributed by atoms with van der Waals surface area (Å²) in [5.41, 5.74) is 0.894. The Morgan fingerprint density at radius 1 is 1.35 bits per heavy atom. The van der Waals surface area contributed by atoms with Gasteiger partial charge in [0.2, 0.25) is 0 Å². The Kier molecular flexibility index (Phi) is 4.78. The fourth-order valence-corrected chi connectivity index (χ4v) is 3.20. The van der Waals surface area contributed by atoms with Crippen LogP contribution in [-0.2, 0) is 6.18 Å². The molecule has 2 aliphatic heterocycles. The number of halogens is 4. The van der Waals surface area contributed by atoms with Crippen LogP contribution in [0.25, 0.3) is 6.08 Å². The molecular formula is C16H18ClF3N2O. The smallest absolute Gasteiger partial charge is 0.329 e. The predicted octanol–water partition coefficient (Wildman–Crippen LogP) is 3.65. The predicted molar refractivity (Wildman–Crippen MR) is 84.7 cm³/mol. The first-order chi connectivity index (χ1) is 10.3. The molecule has 0 aromatic heterocycles. The van der Waals surface area contributed by atoms with E-state index >= 15 is 0 Å². The average Bonchev–Trinajstić information content (AvgIpc) is 2.71. The SMILES string of the molecule is CC(C)=Cc1cc2c(c(C(F)(F)F)c1)C(=O)N1CCNC[C@@H]21.Cl. The van der Waals surface area contributed by atoms with Crippen LogP contribution in [0.5, 0.6) is 0 Å². The summed E-state index contributed by atoms with van der Waals surface area (Å²) < 4.78 is 40.2. The highest BCUT2D eigenvalue weighted by Gasteiger charge is 2.45. The van der Waals surface area contributed by atoms with Gasteiger partial charge in [0, 0.05) is 19.6 Å². The van der Waals surface area contributed by atoms with Crippen molar-refractivity contribution in [2.45, 2.75) is 26.1 Å². The number of carbonyl (C=O) groups excluding carboxylic acids is 1. The molecule has 2 aliphatic rings. The molecule has 23 heavy (non-hydrogen) atoms. The van der Waals surface area contributed by atoms with Crippen LogP contribution in [0.2, 0.25) is 0 Å². The third-order valence-electron chi connectivity index (χ3n) is 4.03. The molecule has 126 valence electrons. The molecule has 2 heterocycles. The molecule has 3 rings (SSSR count). The molecule has 0 saturated carbocycles. The Bertz CT molecular complexity index is 666. The summed E-state index contributed by atoms with van der Waals surface area (Å²) in [4.78, 5) is 14.0. The minimum absolute atomic E-state index is 0. The van der Waals surface area contributed by atoms with E-state index in [1.54, 1.807) is 17.0 Å². The van der Waals surface area contributed by atoms with Gasteiger partial charge >= 0.3 is 6.18 Å². The van der Waals surface area contributed by atoms with Gasteiger partial charge in [-0.1, -0.05) is 11.6 Å². The van der Waals surface area contributed by atoms with Crippen LogP contribution in [0, 0.1) is 0 Å². The van der Waals surface area contributed by atoms with Gasteiger partial charge in [-0.05, 0) is 37.1 Å². The lowest BCUT2D eigenvalue weighted by Crippen LogP contribution is -2.44. The lowest BCUT2D eigenvalue weighted by atomic mass is 9.94. The van der Waals surface area contributed by atoms with Gasteiger partial charge in [-0.3, -0.25) is 4.79 Å². The molecular weight excluding hydrogens is 329 g/mol.